The molecule has 0 spiro atoms. The largest absolute Gasteiger partial charge is 0.490 e. The molecule has 0 radical (unpaired) electrons. The van der Waals surface area contributed by atoms with E-state index < -0.39 is 0 Å². The molecule has 2 aromatic carbocycles. The van der Waals surface area contributed by atoms with Gasteiger partial charge in [-0.15, -0.1) is 0 Å². The second-order valence-corrected chi connectivity index (χ2v) is 11.1. The van der Waals surface area contributed by atoms with Gasteiger partial charge in [0, 0.05) is 45.8 Å². The van der Waals surface area contributed by atoms with Crippen molar-refractivity contribution in [1.29, 1.82) is 0 Å². The number of amides is 1. The van der Waals surface area contributed by atoms with Crippen molar-refractivity contribution in [2.24, 2.45) is 5.92 Å². The Balaban J connectivity index is 1.19. The van der Waals surface area contributed by atoms with Gasteiger partial charge in [-0.2, -0.15) is 0 Å². The number of ether oxygens (including phenoxy) is 3. The molecule has 2 aromatic rings. The topological polar surface area (TPSA) is 63.3 Å². The first-order valence-corrected chi connectivity index (χ1v) is 14.3. The fourth-order valence-corrected chi connectivity index (χ4v) is 5.96. The number of methoxy groups -OCH3 is 1. The number of anilines is 1. The molecular weight excluding hydrogens is 478 g/mol. The summed E-state index contributed by atoms with van der Waals surface area (Å²) in [5.41, 5.74) is 4.71. The van der Waals surface area contributed by atoms with E-state index in [1.54, 1.807) is 7.11 Å². The van der Waals surface area contributed by atoms with Crippen molar-refractivity contribution in [3.8, 4) is 5.75 Å². The zero-order chi connectivity index (χ0) is 26.3. The highest BCUT2D eigenvalue weighted by molar-refractivity contribution is 5.79. The van der Waals surface area contributed by atoms with Gasteiger partial charge < -0.3 is 29.3 Å². The fraction of sp³-hybridized carbons (Fsp3) is 0.581. The molecule has 0 saturated carbocycles. The molecule has 1 N–H and O–H groups in total. The minimum absolute atomic E-state index is 0.104. The number of piperidine rings is 1. The van der Waals surface area contributed by atoms with Gasteiger partial charge in [-0.3, -0.25) is 4.79 Å². The Morgan fingerprint density at radius 1 is 1.11 bits per heavy atom. The van der Waals surface area contributed by atoms with Crippen LogP contribution in [0.15, 0.2) is 42.5 Å². The van der Waals surface area contributed by atoms with Crippen LogP contribution in [0.5, 0.6) is 5.75 Å². The van der Waals surface area contributed by atoms with Crippen molar-refractivity contribution in [2.45, 2.75) is 51.2 Å². The van der Waals surface area contributed by atoms with Crippen LogP contribution in [0.1, 0.15) is 48.8 Å². The van der Waals surface area contributed by atoms with Crippen molar-refractivity contribution in [3.05, 3.63) is 59.2 Å². The van der Waals surface area contributed by atoms with E-state index in [0.29, 0.717) is 24.9 Å². The van der Waals surface area contributed by atoms with E-state index in [-0.39, 0.29) is 12.0 Å². The number of nitrogens with one attached hydrogen (secondary N) is 1. The van der Waals surface area contributed by atoms with Gasteiger partial charge in [-0.05, 0) is 60.5 Å². The van der Waals surface area contributed by atoms with Gasteiger partial charge in [0.15, 0.2) is 0 Å². The Morgan fingerprint density at radius 3 is 2.74 bits per heavy atom. The monoisotopic (exact) mass is 521 g/mol. The molecule has 1 unspecified atom stereocenters. The third-order valence-electron chi connectivity index (χ3n) is 8.19. The fourth-order valence-electron chi connectivity index (χ4n) is 5.96. The van der Waals surface area contributed by atoms with Crippen molar-refractivity contribution in [2.75, 3.05) is 64.5 Å². The maximum atomic E-state index is 12.7. The highest BCUT2D eigenvalue weighted by Crippen LogP contribution is 2.34. The predicted molar refractivity (Wildman–Crippen MR) is 150 cm³/mol. The van der Waals surface area contributed by atoms with E-state index in [1.165, 1.54) is 11.1 Å². The van der Waals surface area contributed by atoms with Gasteiger partial charge in [-0.25, -0.2) is 0 Å². The first kappa shape index (κ1) is 27.0. The first-order valence-electron chi connectivity index (χ1n) is 14.3. The minimum atomic E-state index is 0.104. The summed E-state index contributed by atoms with van der Waals surface area (Å²) in [5.74, 6) is 2.16. The van der Waals surface area contributed by atoms with Crippen LogP contribution in [0.4, 0.5) is 5.69 Å². The van der Waals surface area contributed by atoms with Gasteiger partial charge in [0.05, 0.1) is 31.4 Å². The predicted octanol–water partition coefficient (Wildman–Crippen LogP) is 4.00. The van der Waals surface area contributed by atoms with Crippen molar-refractivity contribution >= 4 is 11.6 Å². The van der Waals surface area contributed by atoms with E-state index in [0.717, 1.165) is 88.7 Å². The second kappa shape index (κ2) is 13.0. The van der Waals surface area contributed by atoms with Crippen LogP contribution in [-0.4, -0.2) is 76.5 Å². The number of benzene rings is 2. The number of carbonyl (C=O) groups excluding carboxylic acids is 1. The number of hydrogen-bond donors (Lipinski definition) is 1. The van der Waals surface area contributed by atoms with Crippen molar-refractivity contribution in [1.82, 2.24) is 10.2 Å². The Kier molecular flexibility index (Phi) is 9.20. The maximum absolute atomic E-state index is 12.7. The zero-order valence-electron chi connectivity index (χ0n) is 23.0. The number of likely N-dealkylation sites (tertiary alicyclic amines) is 1. The van der Waals surface area contributed by atoms with E-state index >= 15 is 0 Å². The highest BCUT2D eigenvalue weighted by Gasteiger charge is 2.28. The van der Waals surface area contributed by atoms with Crippen LogP contribution >= 0.6 is 0 Å². The molecule has 2 fully saturated rings. The van der Waals surface area contributed by atoms with Crippen molar-refractivity contribution < 1.29 is 19.0 Å². The standard InChI is InChI=1S/C31H43N3O4/c1-23-11-14-34(21-23)31(35)19-24-4-7-26(8-5-24)27-10-12-32-20-30(27)38-22-25-6-9-29-28(18-25)33(15-17-37-29)13-3-16-36-2/h4-9,18,23,27,30,32H,3,10-17,19-22H2,1-2H3/t23?,27-,30+/m1/s1. The maximum Gasteiger partial charge on any atom is 0.226 e. The van der Waals surface area contributed by atoms with E-state index in [1.807, 2.05) is 4.90 Å². The summed E-state index contributed by atoms with van der Waals surface area (Å²) >= 11 is 0. The average Bonchev–Trinajstić information content (AvgIpc) is 3.39. The third kappa shape index (κ3) is 6.68. The number of carbonyl (C=O) groups is 1. The average molecular weight is 522 g/mol. The van der Waals surface area contributed by atoms with Crippen molar-refractivity contribution in [3.63, 3.8) is 0 Å². The van der Waals surface area contributed by atoms with Crippen LogP contribution in [0, 0.1) is 5.92 Å². The summed E-state index contributed by atoms with van der Waals surface area (Å²) in [6, 6.07) is 15.1. The molecule has 0 aliphatic carbocycles. The van der Waals surface area contributed by atoms with Crippen LogP contribution < -0.4 is 15.0 Å². The van der Waals surface area contributed by atoms with E-state index in [9.17, 15) is 4.79 Å². The van der Waals surface area contributed by atoms with Crippen LogP contribution in [0.2, 0.25) is 0 Å². The highest BCUT2D eigenvalue weighted by atomic mass is 16.5. The molecule has 3 atom stereocenters. The molecule has 0 aromatic heterocycles. The Hall–Kier alpha value is -2.61. The van der Waals surface area contributed by atoms with E-state index in [4.69, 9.17) is 14.2 Å². The molecule has 3 aliphatic heterocycles. The van der Waals surface area contributed by atoms with Crippen LogP contribution in [0.25, 0.3) is 0 Å². The molecule has 0 bridgehead atoms. The summed E-state index contributed by atoms with van der Waals surface area (Å²) in [4.78, 5) is 17.1. The Labute approximate surface area is 227 Å². The van der Waals surface area contributed by atoms with E-state index in [2.05, 4.69) is 59.6 Å². The molecule has 38 heavy (non-hydrogen) atoms. The normalized spacial score (nSPS) is 23.3. The molecule has 1 amide bonds. The molecule has 7 nitrogen and oxygen atoms in total. The smallest absolute Gasteiger partial charge is 0.226 e. The third-order valence-corrected chi connectivity index (χ3v) is 8.19. The summed E-state index contributed by atoms with van der Waals surface area (Å²) < 4.78 is 17.7. The SMILES string of the molecule is COCCCN1CCOc2ccc(CO[C@H]3CNCC[C@@H]3c3ccc(CC(=O)N4CCC(C)C4)cc3)cc21. The molecule has 7 heteroatoms. The summed E-state index contributed by atoms with van der Waals surface area (Å²) in [6.07, 6.45) is 3.75. The van der Waals surface area contributed by atoms with Crippen LogP contribution in [-0.2, 0) is 27.3 Å². The summed E-state index contributed by atoms with van der Waals surface area (Å²) in [5, 5.41) is 3.51. The number of nitrogens with zero attached hydrogens (tertiary/aromatic N) is 2. The molecular formula is C31H43N3O4. The minimum Gasteiger partial charge on any atom is -0.490 e. The van der Waals surface area contributed by atoms with Gasteiger partial charge in [0.2, 0.25) is 5.91 Å². The van der Waals surface area contributed by atoms with Gasteiger partial charge in [-0.1, -0.05) is 37.3 Å². The number of rotatable bonds is 10. The molecule has 3 aliphatic rings. The second-order valence-electron chi connectivity index (χ2n) is 11.1. The van der Waals surface area contributed by atoms with Crippen LogP contribution in [0.3, 0.4) is 0 Å². The zero-order valence-corrected chi connectivity index (χ0v) is 23.0. The lowest BCUT2D eigenvalue weighted by Crippen LogP contribution is -2.41. The van der Waals surface area contributed by atoms with Gasteiger partial charge >= 0.3 is 0 Å². The Morgan fingerprint density at radius 2 is 1.95 bits per heavy atom. The molecule has 3 heterocycles. The van der Waals surface area contributed by atoms with Gasteiger partial charge in [0.25, 0.3) is 0 Å². The first-order chi connectivity index (χ1) is 18.6. The lowest BCUT2D eigenvalue weighted by atomic mass is 9.87. The lowest BCUT2D eigenvalue weighted by molar-refractivity contribution is -0.129. The quantitative estimate of drug-likeness (QED) is 0.477. The number of fused-ring (bicyclic) bond motifs is 1. The molecule has 2 saturated heterocycles. The summed E-state index contributed by atoms with van der Waals surface area (Å²) in [7, 11) is 1.75. The summed E-state index contributed by atoms with van der Waals surface area (Å²) in [6.45, 7) is 9.76. The Bertz CT molecular complexity index is 1060. The number of hydrogen-bond acceptors (Lipinski definition) is 6. The molecule has 5 rings (SSSR count). The lowest BCUT2D eigenvalue weighted by Gasteiger charge is -2.33. The molecule has 206 valence electrons. The van der Waals surface area contributed by atoms with Gasteiger partial charge in [0.1, 0.15) is 12.4 Å².